The SMILES string of the molecule is CCOc1ccc(-n2c(Cc3ccccc3)nnc2SCCOc2ccc(C)cc2)cc1. The van der Waals surface area contributed by atoms with Crippen LogP contribution >= 0.6 is 11.8 Å². The number of rotatable bonds is 10. The maximum Gasteiger partial charge on any atom is 0.195 e. The van der Waals surface area contributed by atoms with Crippen LogP contribution in [0.15, 0.2) is 84.0 Å². The molecule has 1 heterocycles. The fraction of sp³-hybridized carbons (Fsp3) is 0.231. The fourth-order valence-corrected chi connectivity index (χ4v) is 4.12. The Bertz CT molecular complexity index is 1110. The summed E-state index contributed by atoms with van der Waals surface area (Å²) in [4.78, 5) is 0. The van der Waals surface area contributed by atoms with Gasteiger partial charge in [-0.2, -0.15) is 0 Å². The van der Waals surface area contributed by atoms with Gasteiger partial charge in [-0.05, 0) is 55.8 Å². The molecule has 0 atom stereocenters. The average molecular weight is 446 g/mol. The van der Waals surface area contributed by atoms with Gasteiger partial charge in [0, 0.05) is 17.9 Å². The smallest absolute Gasteiger partial charge is 0.195 e. The van der Waals surface area contributed by atoms with Crippen LogP contribution in [0.3, 0.4) is 0 Å². The molecule has 0 amide bonds. The van der Waals surface area contributed by atoms with Gasteiger partial charge in [0.1, 0.15) is 17.3 Å². The molecule has 0 radical (unpaired) electrons. The predicted octanol–water partition coefficient (Wildman–Crippen LogP) is 5.74. The van der Waals surface area contributed by atoms with Crippen LogP contribution in [0.4, 0.5) is 0 Å². The Morgan fingerprint density at radius 3 is 2.22 bits per heavy atom. The van der Waals surface area contributed by atoms with Crippen LogP contribution in [0.1, 0.15) is 23.9 Å². The third-order valence-electron chi connectivity index (χ3n) is 4.92. The van der Waals surface area contributed by atoms with E-state index in [9.17, 15) is 0 Å². The van der Waals surface area contributed by atoms with Crippen molar-refractivity contribution in [2.45, 2.75) is 25.4 Å². The number of aromatic nitrogens is 3. The highest BCUT2D eigenvalue weighted by Crippen LogP contribution is 2.25. The second-order valence-electron chi connectivity index (χ2n) is 7.33. The highest BCUT2D eigenvalue weighted by molar-refractivity contribution is 7.99. The minimum absolute atomic E-state index is 0.595. The van der Waals surface area contributed by atoms with E-state index in [0.717, 1.165) is 33.9 Å². The lowest BCUT2D eigenvalue weighted by atomic mass is 10.1. The summed E-state index contributed by atoms with van der Waals surface area (Å²) in [6.45, 7) is 5.30. The van der Waals surface area contributed by atoms with Crippen LogP contribution < -0.4 is 9.47 Å². The van der Waals surface area contributed by atoms with Crippen LogP contribution in [-0.4, -0.2) is 33.7 Å². The lowest BCUT2D eigenvalue weighted by Crippen LogP contribution is -2.06. The normalized spacial score (nSPS) is 10.8. The Morgan fingerprint density at radius 2 is 1.50 bits per heavy atom. The summed E-state index contributed by atoms with van der Waals surface area (Å²) in [6.07, 6.45) is 0.710. The maximum absolute atomic E-state index is 5.88. The predicted molar refractivity (Wildman–Crippen MR) is 129 cm³/mol. The van der Waals surface area contributed by atoms with Crippen molar-refractivity contribution < 1.29 is 9.47 Å². The van der Waals surface area contributed by atoms with Gasteiger partial charge in [0.2, 0.25) is 0 Å². The first-order valence-electron chi connectivity index (χ1n) is 10.8. The molecule has 0 saturated heterocycles. The van der Waals surface area contributed by atoms with E-state index in [1.54, 1.807) is 11.8 Å². The van der Waals surface area contributed by atoms with Gasteiger partial charge in [-0.1, -0.05) is 59.8 Å². The largest absolute Gasteiger partial charge is 0.494 e. The first-order valence-corrected chi connectivity index (χ1v) is 11.7. The standard InChI is InChI=1S/C26H27N3O2S/c1-3-30-23-15-11-22(12-16-23)29-25(19-21-7-5-4-6-8-21)27-28-26(29)32-18-17-31-24-13-9-20(2)10-14-24/h4-16H,3,17-19H2,1-2H3. The molecule has 0 spiro atoms. The van der Waals surface area contributed by atoms with E-state index < -0.39 is 0 Å². The second kappa shape index (κ2) is 10.9. The maximum atomic E-state index is 5.88. The molecule has 0 N–H and O–H groups in total. The Labute approximate surface area is 193 Å². The van der Waals surface area contributed by atoms with Crippen LogP contribution in [0, 0.1) is 6.92 Å². The molecule has 4 aromatic rings. The van der Waals surface area contributed by atoms with E-state index in [1.807, 2.05) is 49.4 Å². The van der Waals surface area contributed by atoms with Crippen LogP contribution in [0.5, 0.6) is 11.5 Å². The first kappa shape index (κ1) is 22.0. The molecule has 0 unspecified atom stereocenters. The van der Waals surface area contributed by atoms with Crippen molar-refractivity contribution in [2.24, 2.45) is 0 Å². The summed E-state index contributed by atoms with van der Waals surface area (Å²) in [5.74, 6) is 3.42. The summed E-state index contributed by atoms with van der Waals surface area (Å²) >= 11 is 1.64. The number of hydrogen-bond donors (Lipinski definition) is 0. The van der Waals surface area contributed by atoms with Gasteiger partial charge in [0.15, 0.2) is 5.16 Å². The second-order valence-corrected chi connectivity index (χ2v) is 8.40. The number of thioether (sulfide) groups is 1. The molecule has 6 heteroatoms. The minimum atomic E-state index is 0.595. The fourth-order valence-electron chi connectivity index (χ4n) is 3.33. The number of aryl methyl sites for hydroxylation is 1. The van der Waals surface area contributed by atoms with E-state index >= 15 is 0 Å². The van der Waals surface area contributed by atoms with Gasteiger partial charge in [0.25, 0.3) is 0 Å². The minimum Gasteiger partial charge on any atom is -0.494 e. The molecule has 0 aliphatic heterocycles. The van der Waals surface area contributed by atoms with Crippen LogP contribution in [0.25, 0.3) is 5.69 Å². The molecule has 0 saturated carbocycles. The molecule has 5 nitrogen and oxygen atoms in total. The van der Waals surface area contributed by atoms with Crippen molar-refractivity contribution in [2.75, 3.05) is 19.0 Å². The summed E-state index contributed by atoms with van der Waals surface area (Å²) in [5, 5.41) is 9.86. The molecular weight excluding hydrogens is 418 g/mol. The van der Waals surface area contributed by atoms with Crippen molar-refractivity contribution in [3.63, 3.8) is 0 Å². The van der Waals surface area contributed by atoms with Gasteiger partial charge < -0.3 is 9.47 Å². The summed E-state index contributed by atoms with van der Waals surface area (Å²) in [7, 11) is 0. The zero-order valence-corrected chi connectivity index (χ0v) is 19.2. The van der Waals surface area contributed by atoms with E-state index in [0.29, 0.717) is 19.6 Å². The van der Waals surface area contributed by atoms with E-state index in [-0.39, 0.29) is 0 Å². The Morgan fingerprint density at radius 1 is 0.812 bits per heavy atom. The van der Waals surface area contributed by atoms with Crippen LogP contribution in [-0.2, 0) is 6.42 Å². The molecular formula is C26H27N3O2S. The van der Waals surface area contributed by atoms with Gasteiger partial charge in [-0.25, -0.2) is 0 Å². The van der Waals surface area contributed by atoms with E-state index in [2.05, 4.69) is 58.1 Å². The Hall–Kier alpha value is -3.25. The molecule has 164 valence electrons. The third kappa shape index (κ3) is 5.71. The van der Waals surface area contributed by atoms with Gasteiger partial charge in [-0.15, -0.1) is 10.2 Å². The van der Waals surface area contributed by atoms with Crippen molar-refractivity contribution in [3.05, 3.63) is 95.8 Å². The Kier molecular flexibility index (Phi) is 7.46. The molecule has 32 heavy (non-hydrogen) atoms. The number of hydrogen-bond acceptors (Lipinski definition) is 5. The average Bonchev–Trinajstić information content (AvgIpc) is 3.21. The quantitative estimate of drug-likeness (QED) is 0.230. The summed E-state index contributed by atoms with van der Waals surface area (Å²) in [6, 6.07) is 26.5. The van der Waals surface area contributed by atoms with E-state index in [4.69, 9.17) is 9.47 Å². The number of ether oxygens (including phenoxy) is 2. The molecule has 0 aliphatic rings. The van der Waals surface area contributed by atoms with Gasteiger partial charge in [0.05, 0.1) is 13.2 Å². The number of benzene rings is 3. The monoisotopic (exact) mass is 445 g/mol. The highest BCUT2D eigenvalue weighted by Gasteiger charge is 2.15. The van der Waals surface area contributed by atoms with E-state index in [1.165, 1.54) is 11.1 Å². The van der Waals surface area contributed by atoms with Crippen molar-refractivity contribution >= 4 is 11.8 Å². The molecule has 1 aromatic heterocycles. The van der Waals surface area contributed by atoms with Crippen LogP contribution in [0.2, 0.25) is 0 Å². The first-order chi connectivity index (χ1) is 15.7. The molecule has 4 rings (SSSR count). The summed E-state index contributed by atoms with van der Waals surface area (Å²) in [5.41, 5.74) is 3.44. The molecule has 0 bridgehead atoms. The topological polar surface area (TPSA) is 49.2 Å². The lowest BCUT2D eigenvalue weighted by Gasteiger charge is -2.12. The highest BCUT2D eigenvalue weighted by atomic mass is 32.2. The Balaban J connectivity index is 1.50. The zero-order valence-electron chi connectivity index (χ0n) is 18.4. The molecule has 0 fully saturated rings. The van der Waals surface area contributed by atoms with Gasteiger partial charge in [-0.3, -0.25) is 4.57 Å². The molecule has 0 aliphatic carbocycles. The number of nitrogens with zero attached hydrogens (tertiary/aromatic N) is 3. The zero-order chi connectivity index (χ0) is 22.2. The third-order valence-corrected chi connectivity index (χ3v) is 5.81. The molecule has 3 aromatic carbocycles. The van der Waals surface area contributed by atoms with Crippen molar-refractivity contribution in [1.29, 1.82) is 0 Å². The van der Waals surface area contributed by atoms with Crippen molar-refractivity contribution in [1.82, 2.24) is 14.8 Å². The lowest BCUT2D eigenvalue weighted by molar-refractivity contribution is 0.340. The van der Waals surface area contributed by atoms with Crippen molar-refractivity contribution in [3.8, 4) is 17.2 Å². The van der Waals surface area contributed by atoms with Gasteiger partial charge >= 0.3 is 0 Å². The summed E-state index contributed by atoms with van der Waals surface area (Å²) < 4.78 is 13.6.